The van der Waals surface area contributed by atoms with Gasteiger partial charge in [-0.2, -0.15) is 0 Å². The van der Waals surface area contributed by atoms with Gasteiger partial charge in [0.25, 0.3) is 5.91 Å². The van der Waals surface area contributed by atoms with Crippen molar-refractivity contribution in [2.45, 2.75) is 0 Å². The molecule has 1 amide bonds. The van der Waals surface area contributed by atoms with Crippen molar-refractivity contribution in [1.82, 2.24) is 0 Å². The Kier molecular flexibility index (Phi) is 4.07. The molecule has 0 atom stereocenters. The van der Waals surface area contributed by atoms with Gasteiger partial charge in [-0.25, -0.2) is 8.78 Å². The zero-order valence-electron chi connectivity index (χ0n) is 11.6. The molecule has 0 saturated heterocycles. The molecule has 0 aromatic heterocycles. The summed E-state index contributed by atoms with van der Waals surface area (Å²) in [5, 5.41) is 0. The average molecular weight is 292 g/mol. The van der Waals surface area contributed by atoms with E-state index in [9.17, 15) is 13.6 Å². The lowest BCUT2D eigenvalue weighted by Gasteiger charge is -2.19. The average Bonchev–Trinajstić information content (AvgIpc) is 2.50. The first kappa shape index (κ1) is 14.8. The number of nitrogens with two attached hydrogens (primary N) is 1. The molecule has 0 radical (unpaired) electrons. The summed E-state index contributed by atoms with van der Waals surface area (Å²) in [5.41, 5.74) is 4.87. The number of methoxy groups -OCH3 is 1. The van der Waals surface area contributed by atoms with E-state index in [4.69, 9.17) is 10.5 Å². The lowest BCUT2D eigenvalue weighted by Crippen LogP contribution is -2.28. The van der Waals surface area contributed by atoms with Gasteiger partial charge in [0.05, 0.1) is 12.8 Å². The number of amides is 1. The predicted octanol–water partition coefficient (Wildman–Crippen LogP) is 2.83. The van der Waals surface area contributed by atoms with Crippen molar-refractivity contribution in [3.8, 4) is 5.75 Å². The molecule has 0 spiro atoms. The highest BCUT2D eigenvalue weighted by Crippen LogP contribution is 2.25. The van der Waals surface area contributed by atoms with Gasteiger partial charge < -0.3 is 15.4 Å². The molecule has 0 fully saturated rings. The Bertz CT molecular complexity index is 689. The zero-order valence-corrected chi connectivity index (χ0v) is 11.6. The molecule has 0 unspecified atom stereocenters. The number of hydrogen-bond donors (Lipinski definition) is 1. The second-order valence-electron chi connectivity index (χ2n) is 4.39. The summed E-state index contributed by atoms with van der Waals surface area (Å²) in [6.45, 7) is 0. The predicted molar refractivity (Wildman–Crippen MR) is 76.5 cm³/mol. The van der Waals surface area contributed by atoms with Crippen LogP contribution < -0.4 is 15.4 Å². The standard InChI is InChI=1S/C15H14F2N2O2/c1-19(9-4-3-5-10(8-9)21-2)15(20)13-11(16)6-7-12(18)14(13)17/h3-8H,18H2,1-2H3. The number of ether oxygens (including phenoxy) is 1. The normalized spacial score (nSPS) is 10.3. The molecule has 2 N–H and O–H groups in total. The van der Waals surface area contributed by atoms with E-state index in [0.717, 1.165) is 17.0 Å². The minimum Gasteiger partial charge on any atom is -0.497 e. The van der Waals surface area contributed by atoms with Crippen molar-refractivity contribution in [2.24, 2.45) is 0 Å². The lowest BCUT2D eigenvalue weighted by molar-refractivity contribution is 0.0985. The van der Waals surface area contributed by atoms with Gasteiger partial charge in [0.1, 0.15) is 17.1 Å². The highest BCUT2D eigenvalue weighted by atomic mass is 19.1. The molecule has 110 valence electrons. The smallest absolute Gasteiger partial charge is 0.264 e. The number of rotatable bonds is 3. The molecule has 0 saturated carbocycles. The minimum absolute atomic E-state index is 0.279. The molecule has 0 aliphatic carbocycles. The largest absolute Gasteiger partial charge is 0.497 e. The summed E-state index contributed by atoms with van der Waals surface area (Å²) in [6.07, 6.45) is 0. The molecule has 0 aliphatic rings. The zero-order chi connectivity index (χ0) is 15.6. The Morgan fingerprint density at radius 1 is 1.24 bits per heavy atom. The number of halogens is 2. The van der Waals surface area contributed by atoms with Crippen molar-refractivity contribution >= 4 is 17.3 Å². The second-order valence-corrected chi connectivity index (χ2v) is 4.39. The maximum atomic E-state index is 13.9. The number of benzene rings is 2. The highest BCUT2D eigenvalue weighted by molar-refractivity contribution is 6.06. The van der Waals surface area contributed by atoms with Crippen LogP contribution >= 0.6 is 0 Å². The Morgan fingerprint density at radius 3 is 2.62 bits per heavy atom. The van der Waals surface area contributed by atoms with Crippen LogP contribution in [0.25, 0.3) is 0 Å². The molecule has 4 nitrogen and oxygen atoms in total. The maximum Gasteiger partial charge on any atom is 0.264 e. The molecule has 2 aromatic carbocycles. The Hall–Kier alpha value is -2.63. The van der Waals surface area contributed by atoms with Gasteiger partial charge in [0.15, 0.2) is 5.82 Å². The fraction of sp³-hybridized carbons (Fsp3) is 0.133. The fourth-order valence-corrected chi connectivity index (χ4v) is 1.87. The third-order valence-corrected chi connectivity index (χ3v) is 3.08. The van der Waals surface area contributed by atoms with Gasteiger partial charge >= 0.3 is 0 Å². The van der Waals surface area contributed by atoms with Crippen LogP contribution in [0, 0.1) is 11.6 Å². The van der Waals surface area contributed by atoms with Crippen LogP contribution in [-0.2, 0) is 0 Å². The number of nitrogen functional groups attached to an aromatic ring is 1. The Balaban J connectivity index is 2.42. The third-order valence-electron chi connectivity index (χ3n) is 3.08. The van der Waals surface area contributed by atoms with Crippen molar-refractivity contribution in [1.29, 1.82) is 0 Å². The van der Waals surface area contributed by atoms with Gasteiger partial charge in [-0.3, -0.25) is 4.79 Å². The van der Waals surface area contributed by atoms with Crippen LogP contribution in [0.1, 0.15) is 10.4 Å². The first-order valence-electron chi connectivity index (χ1n) is 6.11. The maximum absolute atomic E-state index is 13.9. The van der Waals surface area contributed by atoms with Crippen molar-refractivity contribution < 1.29 is 18.3 Å². The van der Waals surface area contributed by atoms with E-state index in [-0.39, 0.29) is 5.69 Å². The van der Waals surface area contributed by atoms with E-state index in [1.165, 1.54) is 14.2 Å². The second kappa shape index (κ2) is 5.78. The molecule has 0 heterocycles. The van der Waals surface area contributed by atoms with Gasteiger partial charge in [-0.05, 0) is 24.3 Å². The molecule has 6 heteroatoms. The lowest BCUT2D eigenvalue weighted by atomic mass is 10.1. The van der Waals surface area contributed by atoms with E-state index in [1.54, 1.807) is 24.3 Å². The van der Waals surface area contributed by atoms with Crippen molar-refractivity contribution in [3.05, 3.63) is 53.6 Å². The van der Waals surface area contributed by atoms with Crippen LogP contribution in [0.3, 0.4) is 0 Å². The van der Waals surface area contributed by atoms with Gasteiger partial charge in [0, 0.05) is 18.8 Å². The first-order valence-corrected chi connectivity index (χ1v) is 6.11. The van der Waals surface area contributed by atoms with E-state index in [2.05, 4.69) is 0 Å². The molecular formula is C15H14F2N2O2. The fourth-order valence-electron chi connectivity index (χ4n) is 1.87. The minimum atomic E-state index is -1.06. The number of carbonyl (C=O) groups excluding carboxylic acids is 1. The molecule has 0 bridgehead atoms. The number of nitrogens with zero attached hydrogens (tertiary/aromatic N) is 1. The van der Waals surface area contributed by atoms with Crippen molar-refractivity contribution in [3.63, 3.8) is 0 Å². The number of carbonyl (C=O) groups is 1. The molecule has 21 heavy (non-hydrogen) atoms. The van der Waals surface area contributed by atoms with Gasteiger partial charge in [-0.15, -0.1) is 0 Å². The molecule has 2 rings (SSSR count). The first-order chi connectivity index (χ1) is 9.95. The number of anilines is 2. The topological polar surface area (TPSA) is 55.6 Å². The number of hydrogen-bond acceptors (Lipinski definition) is 3. The van der Waals surface area contributed by atoms with Crippen LogP contribution in [0.4, 0.5) is 20.2 Å². The Labute approximate surface area is 120 Å². The van der Waals surface area contributed by atoms with Crippen LogP contribution in [-0.4, -0.2) is 20.1 Å². The third kappa shape index (κ3) is 2.79. The molecule has 2 aromatic rings. The van der Waals surface area contributed by atoms with Crippen molar-refractivity contribution in [2.75, 3.05) is 24.8 Å². The molecule has 0 aliphatic heterocycles. The van der Waals surface area contributed by atoms with E-state index >= 15 is 0 Å². The van der Waals surface area contributed by atoms with E-state index in [1.807, 2.05) is 0 Å². The summed E-state index contributed by atoms with van der Waals surface area (Å²) in [5.74, 6) is -2.32. The summed E-state index contributed by atoms with van der Waals surface area (Å²) in [7, 11) is 2.90. The van der Waals surface area contributed by atoms with Crippen LogP contribution in [0.2, 0.25) is 0 Å². The van der Waals surface area contributed by atoms with Gasteiger partial charge in [0.2, 0.25) is 0 Å². The Morgan fingerprint density at radius 2 is 1.95 bits per heavy atom. The van der Waals surface area contributed by atoms with Crippen LogP contribution in [0.15, 0.2) is 36.4 Å². The monoisotopic (exact) mass is 292 g/mol. The highest BCUT2D eigenvalue weighted by Gasteiger charge is 2.23. The summed E-state index contributed by atoms with van der Waals surface area (Å²) in [6, 6.07) is 8.62. The summed E-state index contributed by atoms with van der Waals surface area (Å²) < 4.78 is 32.7. The summed E-state index contributed by atoms with van der Waals surface area (Å²) >= 11 is 0. The van der Waals surface area contributed by atoms with E-state index in [0.29, 0.717) is 11.4 Å². The van der Waals surface area contributed by atoms with Gasteiger partial charge in [-0.1, -0.05) is 6.07 Å². The summed E-state index contributed by atoms with van der Waals surface area (Å²) in [4.78, 5) is 13.4. The quantitative estimate of drug-likeness (QED) is 0.885. The van der Waals surface area contributed by atoms with E-state index < -0.39 is 23.1 Å². The van der Waals surface area contributed by atoms with Crippen LogP contribution in [0.5, 0.6) is 5.75 Å². The molecular weight excluding hydrogens is 278 g/mol. The SMILES string of the molecule is COc1cccc(N(C)C(=O)c2c(F)ccc(N)c2F)c1.